The highest BCUT2D eigenvalue weighted by Gasteiger charge is 2.28. The first kappa shape index (κ1) is 15.2. The predicted molar refractivity (Wildman–Crippen MR) is 76.4 cm³/mol. The highest BCUT2D eigenvalue weighted by molar-refractivity contribution is 5.97. The van der Waals surface area contributed by atoms with Crippen LogP contribution in [-0.2, 0) is 11.3 Å². The van der Waals surface area contributed by atoms with Crippen LogP contribution in [0, 0.1) is 11.7 Å². The van der Waals surface area contributed by atoms with Gasteiger partial charge in [-0.2, -0.15) is 0 Å². The van der Waals surface area contributed by atoms with Gasteiger partial charge in [0.25, 0.3) is 0 Å². The Balaban J connectivity index is 1.78. The number of nitrogens with zero attached hydrogens (tertiary/aromatic N) is 1. The van der Waals surface area contributed by atoms with E-state index in [0.29, 0.717) is 25.2 Å². The van der Waals surface area contributed by atoms with Gasteiger partial charge in [-0.25, -0.2) is 4.39 Å². The second-order valence-electron chi connectivity index (χ2n) is 5.01. The molecule has 1 aliphatic rings. The first-order valence-electron chi connectivity index (χ1n) is 6.87. The maximum absolute atomic E-state index is 14.1. The summed E-state index contributed by atoms with van der Waals surface area (Å²) in [5.41, 5.74) is 5.89. The van der Waals surface area contributed by atoms with E-state index in [0.717, 1.165) is 12.8 Å². The first-order valence-corrected chi connectivity index (χ1v) is 6.87. The number of benzene rings is 1. The zero-order valence-electron chi connectivity index (χ0n) is 11.6. The number of hydrogen-bond donors (Lipinski definition) is 4. The SMILES string of the molecule is N/C(=N/O)c1cccc(CNCCNC(=O)C2CC2)c1F. The van der Waals surface area contributed by atoms with Crippen molar-refractivity contribution < 1.29 is 14.4 Å². The van der Waals surface area contributed by atoms with Crippen molar-refractivity contribution in [2.24, 2.45) is 16.8 Å². The zero-order valence-corrected chi connectivity index (χ0v) is 11.6. The molecule has 0 aliphatic heterocycles. The Kier molecular flexibility index (Phi) is 5.10. The van der Waals surface area contributed by atoms with Crippen LogP contribution in [0.1, 0.15) is 24.0 Å². The van der Waals surface area contributed by atoms with Crippen molar-refractivity contribution in [2.45, 2.75) is 19.4 Å². The highest BCUT2D eigenvalue weighted by atomic mass is 19.1. The fourth-order valence-electron chi connectivity index (χ4n) is 1.96. The largest absolute Gasteiger partial charge is 0.409 e. The van der Waals surface area contributed by atoms with Crippen molar-refractivity contribution in [1.29, 1.82) is 0 Å². The molecule has 114 valence electrons. The van der Waals surface area contributed by atoms with Crippen LogP contribution < -0.4 is 16.4 Å². The van der Waals surface area contributed by atoms with Crippen molar-refractivity contribution in [3.63, 3.8) is 0 Å². The molecule has 1 aliphatic carbocycles. The number of amidine groups is 1. The van der Waals surface area contributed by atoms with E-state index in [4.69, 9.17) is 10.9 Å². The lowest BCUT2D eigenvalue weighted by Crippen LogP contribution is -2.32. The molecular formula is C14H19FN4O2. The quantitative estimate of drug-likeness (QED) is 0.194. The summed E-state index contributed by atoms with van der Waals surface area (Å²) in [6.45, 7) is 1.36. The Morgan fingerprint density at radius 1 is 1.43 bits per heavy atom. The minimum Gasteiger partial charge on any atom is -0.409 e. The monoisotopic (exact) mass is 294 g/mol. The molecule has 0 aromatic heterocycles. The van der Waals surface area contributed by atoms with Gasteiger partial charge in [0.2, 0.25) is 5.91 Å². The van der Waals surface area contributed by atoms with Crippen LogP contribution >= 0.6 is 0 Å². The van der Waals surface area contributed by atoms with Crippen molar-refractivity contribution in [2.75, 3.05) is 13.1 Å². The number of halogens is 1. The molecule has 1 fully saturated rings. The molecule has 0 radical (unpaired) electrons. The minimum absolute atomic E-state index is 0.0684. The van der Waals surface area contributed by atoms with Crippen LogP contribution in [0.3, 0.4) is 0 Å². The van der Waals surface area contributed by atoms with E-state index >= 15 is 0 Å². The topological polar surface area (TPSA) is 99.7 Å². The van der Waals surface area contributed by atoms with Gasteiger partial charge in [-0.3, -0.25) is 4.79 Å². The lowest BCUT2D eigenvalue weighted by Gasteiger charge is -2.09. The smallest absolute Gasteiger partial charge is 0.223 e. The number of carbonyl (C=O) groups is 1. The van der Waals surface area contributed by atoms with Gasteiger partial charge in [-0.1, -0.05) is 17.3 Å². The molecule has 0 unspecified atom stereocenters. The third-order valence-corrected chi connectivity index (χ3v) is 3.33. The molecule has 21 heavy (non-hydrogen) atoms. The maximum Gasteiger partial charge on any atom is 0.223 e. The molecule has 6 nitrogen and oxygen atoms in total. The number of amides is 1. The Labute approximate surface area is 122 Å². The van der Waals surface area contributed by atoms with Crippen LogP contribution in [0.25, 0.3) is 0 Å². The summed E-state index contributed by atoms with van der Waals surface area (Å²) < 4.78 is 14.1. The summed E-state index contributed by atoms with van der Waals surface area (Å²) in [6.07, 6.45) is 1.95. The van der Waals surface area contributed by atoms with Gasteiger partial charge in [0.05, 0.1) is 5.56 Å². The lowest BCUT2D eigenvalue weighted by molar-refractivity contribution is -0.122. The number of rotatable bonds is 7. The van der Waals surface area contributed by atoms with E-state index in [2.05, 4.69) is 15.8 Å². The fourth-order valence-corrected chi connectivity index (χ4v) is 1.96. The normalized spacial score (nSPS) is 15.0. The van der Waals surface area contributed by atoms with E-state index in [1.54, 1.807) is 12.1 Å². The number of nitrogens with one attached hydrogen (secondary N) is 2. The maximum atomic E-state index is 14.1. The molecule has 1 aromatic carbocycles. The number of nitrogens with two attached hydrogens (primary N) is 1. The van der Waals surface area contributed by atoms with E-state index in [1.807, 2.05) is 0 Å². The molecule has 0 atom stereocenters. The molecular weight excluding hydrogens is 275 g/mol. The van der Waals surface area contributed by atoms with Gasteiger partial charge >= 0.3 is 0 Å². The van der Waals surface area contributed by atoms with E-state index in [-0.39, 0.29) is 23.2 Å². The van der Waals surface area contributed by atoms with Crippen molar-refractivity contribution >= 4 is 11.7 Å². The highest BCUT2D eigenvalue weighted by Crippen LogP contribution is 2.28. The van der Waals surface area contributed by atoms with Crippen LogP contribution in [0.15, 0.2) is 23.4 Å². The third kappa shape index (κ3) is 4.16. The van der Waals surface area contributed by atoms with Crippen LogP contribution in [0.2, 0.25) is 0 Å². The summed E-state index contributed by atoms with van der Waals surface area (Å²) in [7, 11) is 0. The molecule has 1 saturated carbocycles. The second kappa shape index (κ2) is 7.03. The van der Waals surface area contributed by atoms with Crippen LogP contribution in [0.4, 0.5) is 4.39 Å². The van der Waals surface area contributed by atoms with Crippen LogP contribution in [-0.4, -0.2) is 30.0 Å². The van der Waals surface area contributed by atoms with Gasteiger partial charge in [0.1, 0.15) is 5.82 Å². The molecule has 5 N–H and O–H groups in total. The summed E-state index contributed by atoms with van der Waals surface area (Å²) in [4.78, 5) is 11.4. The van der Waals surface area contributed by atoms with E-state index in [1.165, 1.54) is 6.07 Å². The third-order valence-electron chi connectivity index (χ3n) is 3.33. The van der Waals surface area contributed by atoms with E-state index in [9.17, 15) is 9.18 Å². The number of hydrogen-bond acceptors (Lipinski definition) is 4. The fraction of sp³-hybridized carbons (Fsp3) is 0.429. The average molecular weight is 294 g/mol. The summed E-state index contributed by atoms with van der Waals surface area (Å²) in [5, 5.41) is 17.3. The Hall–Kier alpha value is -2.15. The van der Waals surface area contributed by atoms with Crippen LogP contribution in [0.5, 0.6) is 0 Å². The van der Waals surface area contributed by atoms with Crippen molar-refractivity contribution in [3.05, 3.63) is 35.1 Å². The van der Waals surface area contributed by atoms with Gasteiger partial charge in [-0.05, 0) is 18.9 Å². The Morgan fingerprint density at radius 2 is 2.19 bits per heavy atom. The summed E-state index contributed by atoms with van der Waals surface area (Å²) in [6, 6.07) is 4.71. The van der Waals surface area contributed by atoms with Crippen molar-refractivity contribution in [3.8, 4) is 0 Å². The molecule has 0 saturated heterocycles. The van der Waals surface area contributed by atoms with Crippen molar-refractivity contribution in [1.82, 2.24) is 10.6 Å². The number of oxime groups is 1. The molecule has 1 aromatic rings. The molecule has 2 rings (SSSR count). The van der Waals surface area contributed by atoms with Gasteiger partial charge in [0.15, 0.2) is 5.84 Å². The molecule has 1 amide bonds. The zero-order chi connectivity index (χ0) is 15.2. The standard InChI is InChI=1S/C14H19FN4O2/c15-12-10(2-1-3-11(12)13(16)19-21)8-17-6-7-18-14(20)9-4-5-9/h1-3,9,17,21H,4-8H2,(H2,16,19)(H,18,20). The molecule has 0 bridgehead atoms. The van der Waals surface area contributed by atoms with Gasteiger partial charge in [0, 0.05) is 31.1 Å². The molecule has 0 spiro atoms. The predicted octanol–water partition coefficient (Wildman–Crippen LogP) is 0.536. The second-order valence-corrected chi connectivity index (χ2v) is 5.01. The lowest BCUT2D eigenvalue weighted by atomic mass is 10.1. The molecule has 7 heteroatoms. The molecule has 0 heterocycles. The minimum atomic E-state index is -0.512. The Bertz CT molecular complexity index is 544. The summed E-state index contributed by atoms with van der Waals surface area (Å²) in [5.74, 6) is -0.481. The average Bonchev–Trinajstić information content (AvgIpc) is 3.32. The first-order chi connectivity index (χ1) is 10.1. The van der Waals surface area contributed by atoms with Gasteiger partial charge in [-0.15, -0.1) is 0 Å². The summed E-state index contributed by atoms with van der Waals surface area (Å²) >= 11 is 0. The Morgan fingerprint density at radius 3 is 2.86 bits per heavy atom. The van der Waals surface area contributed by atoms with E-state index < -0.39 is 5.82 Å². The van der Waals surface area contributed by atoms with Gasteiger partial charge < -0.3 is 21.6 Å². The number of carbonyl (C=O) groups excluding carboxylic acids is 1.